The molecule has 0 aliphatic carbocycles. The first kappa shape index (κ1) is 25.1. The second kappa shape index (κ2) is 11.2. The summed E-state index contributed by atoms with van der Waals surface area (Å²) < 4.78 is 9.68. The monoisotopic (exact) mass is 501 g/mol. The second-order valence-corrected chi connectivity index (χ2v) is 7.94. The molecule has 0 saturated heterocycles. The number of carbonyl (C=O) groups is 5. The quantitative estimate of drug-likeness (QED) is 0.275. The van der Waals surface area contributed by atoms with E-state index in [1.54, 1.807) is 55.5 Å². The molecule has 0 atom stereocenters. The molecule has 1 aliphatic heterocycles. The third-order valence-electron chi connectivity index (χ3n) is 5.49. The number of anilines is 1. The van der Waals surface area contributed by atoms with Crippen molar-refractivity contribution in [1.82, 2.24) is 10.2 Å². The van der Waals surface area contributed by atoms with Crippen LogP contribution in [0.4, 0.5) is 10.5 Å². The van der Waals surface area contributed by atoms with Gasteiger partial charge in [0.2, 0.25) is 5.91 Å². The molecule has 0 fully saturated rings. The van der Waals surface area contributed by atoms with Crippen LogP contribution in [0.1, 0.15) is 43.6 Å². The smallest absolute Gasteiger partial charge is 0.434 e. The molecule has 4 amide bonds. The summed E-state index contributed by atoms with van der Waals surface area (Å²) in [5.74, 6) is -1.73. The number of imide groups is 1. The van der Waals surface area contributed by atoms with E-state index in [-0.39, 0.29) is 35.9 Å². The van der Waals surface area contributed by atoms with Crippen LogP contribution in [-0.4, -0.2) is 47.8 Å². The highest BCUT2D eigenvalue weighted by molar-refractivity contribution is 6.22. The van der Waals surface area contributed by atoms with Gasteiger partial charge >= 0.3 is 6.16 Å². The Hall–Kier alpha value is -4.99. The first-order chi connectivity index (χ1) is 17.9. The number of hydrogen-bond donors (Lipinski definition) is 2. The van der Waals surface area contributed by atoms with Gasteiger partial charge in [0.05, 0.1) is 17.7 Å². The van der Waals surface area contributed by atoms with Crippen molar-refractivity contribution >= 4 is 35.5 Å². The average Bonchev–Trinajstić information content (AvgIpc) is 3.13. The lowest BCUT2D eigenvalue weighted by molar-refractivity contribution is -0.116. The summed E-state index contributed by atoms with van der Waals surface area (Å²) in [6, 6.07) is 19.2. The predicted molar refractivity (Wildman–Crippen MR) is 132 cm³/mol. The van der Waals surface area contributed by atoms with Crippen molar-refractivity contribution in [3.05, 3.63) is 95.1 Å². The van der Waals surface area contributed by atoms with Crippen LogP contribution in [0.15, 0.2) is 72.8 Å². The van der Waals surface area contributed by atoms with Gasteiger partial charge in [-0.25, -0.2) is 4.79 Å². The van der Waals surface area contributed by atoms with E-state index in [0.29, 0.717) is 16.8 Å². The largest absolute Gasteiger partial charge is 0.513 e. The van der Waals surface area contributed by atoms with Gasteiger partial charge in [0, 0.05) is 17.8 Å². The van der Waals surface area contributed by atoms with E-state index < -0.39 is 30.4 Å². The minimum Gasteiger partial charge on any atom is -0.434 e. The number of rotatable bonds is 8. The molecule has 10 nitrogen and oxygen atoms in total. The molecule has 0 unspecified atom stereocenters. The summed E-state index contributed by atoms with van der Waals surface area (Å²) in [6.45, 7) is 1.51. The van der Waals surface area contributed by atoms with Gasteiger partial charge in [0.25, 0.3) is 17.7 Å². The van der Waals surface area contributed by atoms with Crippen LogP contribution in [0.5, 0.6) is 5.75 Å². The van der Waals surface area contributed by atoms with Crippen molar-refractivity contribution in [3.63, 3.8) is 0 Å². The average molecular weight is 501 g/mol. The van der Waals surface area contributed by atoms with Crippen molar-refractivity contribution in [2.24, 2.45) is 0 Å². The summed E-state index contributed by atoms with van der Waals surface area (Å²) in [7, 11) is 0. The molecule has 0 saturated carbocycles. The number of fused-ring (bicyclic) bond motifs is 1. The minimum atomic E-state index is -0.832. The molecule has 0 aromatic heterocycles. The Labute approximate surface area is 212 Å². The number of ether oxygens (including phenoxy) is 2. The second-order valence-electron chi connectivity index (χ2n) is 7.94. The van der Waals surface area contributed by atoms with Gasteiger partial charge in [-0.3, -0.25) is 24.1 Å². The van der Waals surface area contributed by atoms with Crippen LogP contribution in [0, 0.1) is 0 Å². The van der Waals surface area contributed by atoms with Crippen molar-refractivity contribution in [3.8, 4) is 5.75 Å². The van der Waals surface area contributed by atoms with Gasteiger partial charge in [-0.15, -0.1) is 0 Å². The molecule has 2 N–H and O–H groups in total. The van der Waals surface area contributed by atoms with E-state index in [1.807, 2.05) is 0 Å². The third-order valence-corrected chi connectivity index (χ3v) is 5.49. The molecule has 3 aromatic rings. The van der Waals surface area contributed by atoms with Gasteiger partial charge in [0.1, 0.15) is 12.3 Å². The topological polar surface area (TPSA) is 131 Å². The molecule has 3 aromatic carbocycles. The van der Waals surface area contributed by atoms with E-state index in [4.69, 9.17) is 9.47 Å². The number of para-hydroxylation sites is 1. The summed E-state index contributed by atoms with van der Waals surface area (Å²) >= 11 is 0. The number of nitrogens with one attached hydrogen (secondary N) is 2. The van der Waals surface area contributed by atoms with Crippen molar-refractivity contribution < 1.29 is 33.4 Å². The molecule has 188 valence electrons. The predicted octanol–water partition coefficient (Wildman–Crippen LogP) is 3.39. The highest BCUT2D eigenvalue weighted by atomic mass is 16.7. The summed E-state index contributed by atoms with van der Waals surface area (Å²) in [4.78, 5) is 62.6. The Morgan fingerprint density at radius 2 is 1.46 bits per heavy atom. The molecule has 1 heterocycles. The SMILES string of the molecule is CCOC(=O)Oc1ccc(C(=O)NCc2ccccc2NC(=O)CN2C(=O)c3ccccc3C2=O)cc1. The standard InChI is InChI=1S/C27H23N3O7/c1-2-36-27(35)37-19-13-11-17(12-14-19)24(32)28-15-18-7-3-6-10-22(18)29-23(31)16-30-25(33)20-8-4-5-9-21(20)26(30)34/h3-14H,2,15-16H2,1H3,(H,28,32)(H,29,31). The van der Waals surface area contributed by atoms with Crippen molar-refractivity contribution in [1.29, 1.82) is 0 Å². The van der Waals surface area contributed by atoms with Crippen LogP contribution < -0.4 is 15.4 Å². The molecule has 37 heavy (non-hydrogen) atoms. The van der Waals surface area contributed by atoms with Gasteiger partial charge < -0.3 is 20.1 Å². The van der Waals surface area contributed by atoms with Crippen LogP contribution in [-0.2, 0) is 16.1 Å². The van der Waals surface area contributed by atoms with Crippen LogP contribution in [0.2, 0.25) is 0 Å². The fourth-order valence-corrected chi connectivity index (χ4v) is 3.71. The van der Waals surface area contributed by atoms with E-state index >= 15 is 0 Å². The van der Waals surface area contributed by atoms with Gasteiger partial charge in [0.15, 0.2) is 0 Å². The molecular weight excluding hydrogens is 478 g/mol. The Bertz CT molecular complexity index is 1330. The zero-order chi connectivity index (χ0) is 26.4. The maximum atomic E-state index is 12.7. The molecule has 4 rings (SSSR count). The lowest BCUT2D eigenvalue weighted by Gasteiger charge is -2.16. The summed E-state index contributed by atoms with van der Waals surface area (Å²) in [5, 5.41) is 5.48. The Morgan fingerprint density at radius 3 is 2.11 bits per heavy atom. The number of hydrogen-bond acceptors (Lipinski definition) is 7. The first-order valence-electron chi connectivity index (χ1n) is 11.4. The zero-order valence-corrected chi connectivity index (χ0v) is 19.9. The zero-order valence-electron chi connectivity index (χ0n) is 19.9. The molecule has 10 heteroatoms. The van der Waals surface area contributed by atoms with Gasteiger partial charge in [-0.05, 0) is 55.0 Å². The van der Waals surface area contributed by atoms with Crippen LogP contribution >= 0.6 is 0 Å². The minimum absolute atomic E-state index is 0.101. The van der Waals surface area contributed by atoms with Crippen molar-refractivity contribution in [2.45, 2.75) is 13.5 Å². The normalized spacial score (nSPS) is 12.1. The van der Waals surface area contributed by atoms with E-state index in [2.05, 4.69) is 10.6 Å². The molecular formula is C27H23N3O7. The van der Waals surface area contributed by atoms with Gasteiger partial charge in [-0.2, -0.15) is 0 Å². The van der Waals surface area contributed by atoms with Crippen LogP contribution in [0.25, 0.3) is 0 Å². The molecule has 1 aliphatic rings. The molecule has 0 radical (unpaired) electrons. The van der Waals surface area contributed by atoms with Crippen molar-refractivity contribution in [2.75, 3.05) is 18.5 Å². The van der Waals surface area contributed by atoms with Crippen LogP contribution in [0.3, 0.4) is 0 Å². The maximum absolute atomic E-state index is 12.7. The molecule has 0 spiro atoms. The fraction of sp³-hybridized carbons (Fsp3) is 0.148. The Morgan fingerprint density at radius 1 is 0.838 bits per heavy atom. The Kier molecular flexibility index (Phi) is 7.58. The van der Waals surface area contributed by atoms with E-state index in [0.717, 1.165) is 4.90 Å². The first-order valence-corrected chi connectivity index (χ1v) is 11.4. The lowest BCUT2D eigenvalue weighted by atomic mass is 10.1. The number of benzene rings is 3. The third kappa shape index (κ3) is 5.81. The highest BCUT2D eigenvalue weighted by Gasteiger charge is 2.36. The number of amides is 4. The summed E-state index contributed by atoms with van der Waals surface area (Å²) in [5.41, 5.74) is 1.92. The van der Waals surface area contributed by atoms with E-state index in [1.165, 1.54) is 24.3 Å². The number of nitrogens with zero attached hydrogens (tertiary/aromatic N) is 1. The lowest BCUT2D eigenvalue weighted by Crippen LogP contribution is -2.37. The number of carbonyl (C=O) groups excluding carboxylic acids is 5. The highest BCUT2D eigenvalue weighted by Crippen LogP contribution is 2.23. The van der Waals surface area contributed by atoms with Gasteiger partial charge in [-0.1, -0.05) is 30.3 Å². The summed E-state index contributed by atoms with van der Waals surface area (Å²) in [6.07, 6.45) is -0.832. The van der Waals surface area contributed by atoms with E-state index in [9.17, 15) is 24.0 Å². The fourth-order valence-electron chi connectivity index (χ4n) is 3.71. The maximum Gasteiger partial charge on any atom is 0.513 e. The Balaban J connectivity index is 1.35. The molecule has 0 bridgehead atoms.